The van der Waals surface area contributed by atoms with Gasteiger partial charge in [0.1, 0.15) is 0 Å². The molecule has 0 unspecified atom stereocenters. The number of hydrogen-bond acceptors (Lipinski definition) is 4. The SMILES string of the molecule is CC(C)C(=O)Nc1cccc(C(=O)N2CCN(c3ccc(C(=O)O)cc3)CC2)c1. The van der Waals surface area contributed by atoms with Gasteiger partial charge in [-0.3, -0.25) is 9.59 Å². The molecule has 0 radical (unpaired) electrons. The van der Waals surface area contributed by atoms with Gasteiger partial charge >= 0.3 is 5.97 Å². The fourth-order valence-corrected chi connectivity index (χ4v) is 3.18. The van der Waals surface area contributed by atoms with Crippen molar-refractivity contribution in [3.05, 3.63) is 59.7 Å². The summed E-state index contributed by atoms with van der Waals surface area (Å²) in [5, 5.41) is 11.8. The summed E-state index contributed by atoms with van der Waals surface area (Å²) in [4.78, 5) is 39.7. The van der Waals surface area contributed by atoms with Crippen molar-refractivity contribution in [3.63, 3.8) is 0 Å². The summed E-state index contributed by atoms with van der Waals surface area (Å²) in [6.07, 6.45) is 0. The van der Waals surface area contributed by atoms with Crippen molar-refractivity contribution in [1.82, 2.24) is 4.90 Å². The molecular formula is C22H25N3O4. The maximum absolute atomic E-state index is 12.9. The molecule has 152 valence electrons. The maximum Gasteiger partial charge on any atom is 0.335 e. The van der Waals surface area contributed by atoms with Crippen LogP contribution in [0.1, 0.15) is 34.6 Å². The van der Waals surface area contributed by atoms with Crippen LogP contribution in [0.4, 0.5) is 11.4 Å². The summed E-state index contributed by atoms with van der Waals surface area (Å²) in [5.41, 5.74) is 2.37. The third-order valence-corrected chi connectivity index (χ3v) is 4.95. The number of amides is 2. The molecule has 0 aromatic heterocycles. The first-order chi connectivity index (χ1) is 13.8. The molecule has 7 nitrogen and oxygen atoms in total. The average molecular weight is 395 g/mol. The molecule has 1 heterocycles. The Hall–Kier alpha value is -3.35. The lowest BCUT2D eigenvalue weighted by molar-refractivity contribution is -0.118. The Labute approximate surface area is 169 Å². The lowest BCUT2D eigenvalue weighted by atomic mass is 10.1. The van der Waals surface area contributed by atoms with Gasteiger partial charge in [0.25, 0.3) is 5.91 Å². The standard InChI is InChI=1S/C22H25N3O4/c1-15(2)20(26)23-18-5-3-4-17(14-18)21(27)25-12-10-24(11-13-25)19-8-6-16(7-9-19)22(28)29/h3-9,14-15H,10-13H2,1-2H3,(H,23,26)(H,28,29). The van der Waals surface area contributed by atoms with Gasteiger partial charge in [-0.2, -0.15) is 0 Å². The molecule has 2 amide bonds. The minimum atomic E-state index is -0.946. The zero-order chi connectivity index (χ0) is 21.0. The Bertz CT molecular complexity index is 901. The van der Waals surface area contributed by atoms with Gasteiger partial charge in [0, 0.05) is 49.0 Å². The number of benzene rings is 2. The van der Waals surface area contributed by atoms with Gasteiger partial charge in [-0.1, -0.05) is 19.9 Å². The van der Waals surface area contributed by atoms with Crippen molar-refractivity contribution >= 4 is 29.2 Å². The Kier molecular flexibility index (Phi) is 6.16. The number of aromatic carboxylic acids is 1. The van der Waals surface area contributed by atoms with Crippen LogP contribution >= 0.6 is 0 Å². The Morgan fingerprint density at radius 2 is 1.59 bits per heavy atom. The van der Waals surface area contributed by atoms with E-state index in [0.717, 1.165) is 5.69 Å². The number of nitrogens with one attached hydrogen (secondary N) is 1. The van der Waals surface area contributed by atoms with E-state index >= 15 is 0 Å². The first kappa shape index (κ1) is 20.4. The normalized spacial score (nSPS) is 14.0. The van der Waals surface area contributed by atoms with Gasteiger partial charge in [-0.15, -0.1) is 0 Å². The molecule has 2 aromatic carbocycles. The third-order valence-electron chi connectivity index (χ3n) is 4.95. The lowest BCUT2D eigenvalue weighted by Crippen LogP contribution is -2.48. The Morgan fingerprint density at radius 3 is 2.17 bits per heavy atom. The van der Waals surface area contributed by atoms with Crippen LogP contribution < -0.4 is 10.2 Å². The summed E-state index contributed by atoms with van der Waals surface area (Å²) in [6, 6.07) is 13.8. The second-order valence-electron chi connectivity index (χ2n) is 7.36. The quantitative estimate of drug-likeness (QED) is 0.812. The Balaban J connectivity index is 1.61. The number of nitrogens with zero attached hydrogens (tertiary/aromatic N) is 2. The van der Waals surface area contributed by atoms with Gasteiger partial charge in [0.05, 0.1) is 5.56 Å². The zero-order valence-corrected chi connectivity index (χ0v) is 16.6. The van der Waals surface area contributed by atoms with E-state index in [4.69, 9.17) is 5.11 Å². The van der Waals surface area contributed by atoms with E-state index in [1.165, 1.54) is 0 Å². The van der Waals surface area contributed by atoms with E-state index in [2.05, 4.69) is 10.2 Å². The van der Waals surface area contributed by atoms with E-state index in [-0.39, 0.29) is 23.3 Å². The first-order valence-corrected chi connectivity index (χ1v) is 9.63. The monoisotopic (exact) mass is 395 g/mol. The molecular weight excluding hydrogens is 370 g/mol. The molecule has 2 N–H and O–H groups in total. The van der Waals surface area contributed by atoms with Crippen molar-refractivity contribution in [2.45, 2.75) is 13.8 Å². The second kappa shape index (κ2) is 8.77. The van der Waals surface area contributed by atoms with Crippen LogP contribution in [-0.2, 0) is 4.79 Å². The minimum Gasteiger partial charge on any atom is -0.478 e. The number of piperazine rings is 1. The van der Waals surface area contributed by atoms with Gasteiger partial charge < -0.3 is 20.2 Å². The van der Waals surface area contributed by atoms with E-state index in [1.54, 1.807) is 53.4 Å². The highest BCUT2D eigenvalue weighted by Crippen LogP contribution is 2.19. The van der Waals surface area contributed by atoms with Crippen LogP contribution in [0.15, 0.2) is 48.5 Å². The molecule has 0 saturated carbocycles. The highest BCUT2D eigenvalue weighted by Gasteiger charge is 2.23. The topological polar surface area (TPSA) is 90.0 Å². The molecule has 1 aliphatic rings. The molecule has 0 bridgehead atoms. The maximum atomic E-state index is 12.9. The zero-order valence-electron chi connectivity index (χ0n) is 16.6. The van der Waals surface area contributed by atoms with Crippen LogP contribution in [0.3, 0.4) is 0 Å². The number of carbonyl (C=O) groups is 3. The van der Waals surface area contributed by atoms with Gasteiger partial charge in [0.15, 0.2) is 0 Å². The number of rotatable bonds is 5. The van der Waals surface area contributed by atoms with Gasteiger partial charge in [-0.25, -0.2) is 4.79 Å². The predicted octanol–water partition coefficient (Wildman–Crippen LogP) is 2.94. The van der Waals surface area contributed by atoms with Crippen LogP contribution in [0.25, 0.3) is 0 Å². The van der Waals surface area contributed by atoms with Crippen LogP contribution in [0.5, 0.6) is 0 Å². The highest BCUT2D eigenvalue weighted by molar-refractivity contribution is 5.97. The first-order valence-electron chi connectivity index (χ1n) is 9.63. The van der Waals surface area contributed by atoms with Crippen molar-refractivity contribution in [1.29, 1.82) is 0 Å². The highest BCUT2D eigenvalue weighted by atomic mass is 16.4. The van der Waals surface area contributed by atoms with E-state index in [1.807, 2.05) is 13.8 Å². The second-order valence-corrected chi connectivity index (χ2v) is 7.36. The molecule has 1 saturated heterocycles. The van der Waals surface area contributed by atoms with E-state index in [0.29, 0.717) is 37.4 Å². The number of carboxylic acid groups (broad SMARTS) is 1. The summed E-state index contributed by atoms with van der Waals surface area (Å²) in [5.74, 6) is -1.23. The largest absolute Gasteiger partial charge is 0.478 e. The van der Waals surface area contributed by atoms with Crippen LogP contribution in [-0.4, -0.2) is 54.0 Å². The van der Waals surface area contributed by atoms with Gasteiger partial charge in [-0.05, 0) is 42.5 Å². The van der Waals surface area contributed by atoms with Crippen LogP contribution in [0, 0.1) is 5.92 Å². The molecule has 7 heteroatoms. The Morgan fingerprint density at radius 1 is 0.931 bits per heavy atom. The fraction of sp³-hybridized carbons (Fsp3) is 0.318. The van der Waals surface area contributed by atoms with Crippen molar-refractivity contribution in [2.75, 3.05) is 36.4 Å². The minimum absolute atomic E-state index is 0.0634. The summed E-state index contributed by atoms with van der Waals surface area (Å²) in [6.45, 7) is 6.12. The van der Waals surface area contributed by atoms with E-state index in [9.17, 15) is 14.4 Å². The molecule has 29 heavy (non-hydrogen) atoms. The van der Waals surface area contributed by atoms with Crippen LogP contribution in [0.2, 0.25) is 0 Å². The number of carbonyl (C=O) groups excluding carboxylic acids is 2. The lowest BCUT2D eigenvalue weighted by Gasteiger charge is -2.36. The van der Waals surface area contributed by atoms with Crippen molar-refractivity contribution < 1.29 is 19.5 Å². The summed E-state index contributed by atoms with van der Waals surface area (Å²) >= 11 is 0. The molecule has 0 aliphatic carbocycles. The molecule has 0 spiro atoms. The van der Waals surface area contributed by atoms with Gasteiger partial charge in [0.2, 0.25) is 5.91 Å². The number of anilines is 2. The predicted molar refractivity (Wildman–Crippen MR) is 111 cm³/mol. The third kappa shape index (κ3) is 4.93. The molecule has 1 aliphatic heterocycles. The molecule has 3 rings (SSSR count). The number of carboxylic acids is 1. The van der Waals surface area contributed by atoms with E-state index < -0.39 is 5.97 Å². The summed E-state index contributed by atoms with van der Waals surface area (Å²) in [7, 11) is 0. The molecule has 0 atom stereocenters. The van der Waals surface area contributed by atoms with Crippen molar-refractivity contribution in [2.24, 2.45) is 5.92 Å². The number of hydrogen-bond donors (Lipinski definition) is 2. The fourth-order valence-electron chi connectivity index (χ4n) is 3.18. The van der Waals surface area contributed by atoms with Crippen molar-refractivity contribution in [3.8, 4) is 0 Å². The summed E-state index contributed by atoms with van der Waals surface area (Å²) < 4.78 is 0. The average Bonchev–Trinajstić information content (AvgIpc) is 2.73. The smallest absolute Gasteiger partial charge is 0.335 e. The molecule has 1 fully saturated rings. The molecule has 2 aromatic rings.